The predicted octanol–water partition coefficient (Wildman–Crippen LogP) is 4.31. The standard InChI is InChI=1S/C17H17BrO3/c1-10-6-5-7-12(11(10)2)17(19)13-8-15(20-3)16(21-4)9-14(13)18/h5-9H,1-4H3. The van der Waals surface area contributed by atoms with E-state index in [0.717, 1.165) is 11.1 Å². The van der Waals surface area contributed by atoms with Crippen LogP contribution in [0, 0.1) is 13.8 Å². The third-order valence-corrected chi connectivity index (χ3v) is 4.22. The lowest BCUT2D eigenvalue weighted by Crippen LogP contribution is -2.06. The molecule has 0 unspecified atom stereocenters. The Bertz CT molecular complexity index is 693. The van der Waals surface area contributed by atoms with E-state index < -0.39 is 0 Å². The van der Waals surface area contributed by atoms with Crippen molar-refractivity contribution in [3.63, 3.8) is 0 Å². The van der Waals surface area contributed by atoms with E-state index in [9.17, 15) is 4.79 Å². The maximum atomic E-state index is 12.8. The molecule has 2 rings (SSSR count). The lowest BCUT2D eigenvalue weighted by atomic mass is 9.96. The number of methoxy groups -OCH3 is 2. The van der Waals surface area contributed by atoms with Gasteiger partial charge in [-0.1, -0.05) is 18.2 Å². The van der Waals surface area contributed by atoms with Crippen LogP contribution in [0.1, 0.15) is 27.0 Å². The van der Waals surface area contributed by atoms with E-state index >= 15 is 0 Å². The third-order valence-electron chi connectivity index (χ3n) is 3.57. The molecular weight excluding hydrogens is 332 g/mol. The fraction of sp³-hybridized carbons (Fsp3) is 0.235. The van der Waals surface area contributed by atoms with Crippen LogP contribution in [0.25, 0.3) is 0 Å². The van der Waals surface area contributed by atoms with Crippen LogP contribution in [-0.2, 0) is 0 Å². The predicted molar refractivity (Wildman–Crippen MR) is 86.6 cm³/mol. The molecule has 2 aromatic carbocycles. The summed E-state index contributed by atoms with van der Waals surface area (Å²) >= 11 is 3.44. The molecule has 0 aliphatic carbocycles. The summed E-state index contributed by atoms with van der Waals surface area (Å²) in [5.41, 5.74) is 3.34. The van der Waals surface area contributed by atoms with Crippen molar-refractivity contribution in [3.05, 3.63) is 57.1 Å². The molecule has 0 saturated heterocycles. The summed E-state index contributed by atoms with van der Waals surface area (Å²) < 4.78 is 11.2. The van der Waals surface area contributed by atoms with E-state index in [1.807, 2.05) is 32.0 Å². The van der Waals surface area contributed by atoms with E-state index in [-0.39, 0.29) is 5.78 Å². The Morgan fingerprint density at radius 3 is 2.24 bits per heavy atom. The molecule has 0 atom stereocenters. The van der Waals surface area contributed by atoms with E-state index in [1.165, 1.54) is 0 Å². The van der Waals surface area contributed by atoms with Gasteiger partial charge in [0.05, 0.1) is 14.2 Å². The molecule has 3 nitrogen and oxygen atoms in total. The van der Waals surface area contributed by atoms with Gasteiger partial charge in [-0.25, -0.2) is 0 Å². The van der Waals surface area contributed by atoms with E-state index in [0.29, 0.717) is 27.1 Å². The highest BCUT2D eigenvalue weighted by Crippen LogP contribution is 2.34. The first-order valence-electron chi connectivity index (χ1n) is 6.52. The number of hydrogen-bond acceptors (Lipinski definition) is 3. The molecule has 0 bridgehead atoms. The molecular formula is C17H17BrO3. The molecule has 0 radical (unpaired) electrons. The molecule has 0 spiro atoms. The maximum absolute atomic E-state index is 12.8. The topological polar surface area (TPSA) is 35.5 Å². The second-order valence-electron chi connectivity index (χ2n) is 4.76. The van der Waals surface area contributed by atoms with Gasteiger partial charge in [0, 0.05) is 15.6 Å². The average molecular weight is 349 g/mol. The highest BCUT2D eigenvalue weighted by atomic mass is 79.9. The SMILES string of the molecule is COc1cc(Br)c(C(=O)c2cccc(C)c2C)cc1OC. The minimum Gasteiger partial charge on any atom is -0.493 e. The minimum atomic E-state index is -0.0379. The summed E-state index contributed by atoms with van der Waals surface area (Å²) in [7, 11) is 3.12. The molecule has 0 heterocycles. The zero-order valence-corrected chi connectivity index (χ0v) is 14.1. The number of ketones is 1. The van der Waals surface area contributed by atoms with Crippen molar-refractivity contribution in [2.75, 3.05) is 14.2 Å². The third kappa shape index (κ3) is 2.95. The smallest absolute Gasteiger partial charge is 0.194 e. The first kappa shape index (κ1) is 15.6. The number of halogens is 1. The van der Waals surface area contributed by atoms with Crippen molar-refractivity contribution in [2.24, 2.45) is 0 Å². The van der Waals surface area contributed by atoms with Gasteiger partial charge < -0.3 is 9.47 Å². The number of carbonyl (C=O) groups is 1. The van der Waals surface area contributed by atoms with Gasteiger partial charge in [0.25, 0.3) is 0 Å². The van der Waals surface area contributed by atoms with Gasteiger partial charge in [-0.05, 0) is 53.0 Å². The Kier molecular flexibility index (Phi) is 4.68. The van der Waals surface area contributed by atoms with Crippen LogP contribution in [0.5, 0.6) is 11.5 Å². The Morgan fingerprint density at radius 2 is 1.62 bits per heavy atom. The van der Waals surface area contributed by atoms with E-state index in [4.69, 9.17) is 9.47 Å². The first-order chi connectivity index (χ1) is 9.99. The Morgan fingerprint density at radius 1 is 1.00 bits per heavy atom. The van der Waals surface area contributed by atoms with Crippen molar-refractivity contribution in [3.8, 4) is 11.5 Å². The van der Waals surface area contributed by atoms with Crippen molar-refractivity contribution in [1.29, 1.82) is 0 Å². The molecule has 0 aromatic heterocycles. The highest BCUT2D eigenvalue weighted by molar-refractivity contribution is 9.10. The van der Waals surface area contributed by atoms with Gasteiger partial charge in [0.15, 0.2) is 17.3 Å². The highest BCUT2D eigenvalue weighted by Gasteiger charge is 2.18. The van der Waals surface area contributed by atoms with Crippen molar-refractivity contribution in [1.82, 2.24) is 0 Å². The number of hydrogen-bond donors (Lipinski definition) is 0. The lowest BCUT2D eigenvalue weighted by molar-refractivity contribution is 0.103. The average Bonchev–Trinajstić information content (AvgIpc) is 2.49. The van der Waals surface area contributed by atoms with Gasteiger partial charge in [0.2, 0.25) is 0 Å². The van der Waals surface area contributed by atoms with Gasteiger partial charge in [0.1, 0.15) is 0 Å². The summed E-state index contributed by atoms with van der Waals surface area (Å²) in [6.07, 6.45) is 0. The van der Waals surface area contributed by atoms with Crippen molar-refractivity contribution >= 4 is 21.7 Å². The van der Waals surface area contributed by atoms with Crippen LogP contribution < -0.4 is 9.47 Å². The molecule has 0 N–H and O–H groups in total. The van der Waals surface area contributed by atoms with Crippen LogP contribution in [0.15, 0.2) is 34.8 Å². The van der Waals surface area contributed by atoms with Crippen LogP contribution in [0.2, 0.25) is 0 Å². The maximum Gasteiger partial charge on any atom is 0.194 e. The summed E-state index contributed by atoms with van der Waals surface area (Å²) in [4.78, 5) is 12.8. The fourth-order valence-electron chi connectivity index (χ4n) is 2.17. The molecule has 0 fully saturated rings. The molecule has 0 aliphatic rings. The molecule has 21 heavy (non-hydrogen) atoms. The number of aryl methyl sites for hydroxylation is 1. The van der Waals surface area contributed by atoms with E-state index in [1.54, 1.807) is 26.4 Å². The monoisotopic (exact) mass is 348 g/mol. The number of rotatable bonds is 4. The Labute approximate surface area is 133 Å². The minimum absolute atomic E-state index is 0.0379. The quantitative estimate of drug-likeness (QED) is 0.772. The van der Waals surface area contributed by atoms with Gasteiger partial charge in [-0.2, -0.15) is 0 Å². The van der Waals surface area contributed by atoms with Crippen LogP contribution in [0.4, 0.5) is 0 Å². The normalized spacial score (nSPS) is 10.3. The molecule has 110 valence electrons. The van der Waals surface area contributed by atoms with Crippen molar-refractivity contribution in [2.45, 2.75) is 13.8 Å². The van der Waals surface area contributed by atoms with Crippen LogP contribution in [0.3, 0.4) is 0 Å². The van der Waals surface area contributed by atoms with E-state index in [2.05, 4.69) is 15.9 Å². The van der Waals surface area contributed by atoms with Crippen molar-refractivity contribution < 1.29 is 14.3 Å². The summed E-state index contributed by atoms with van der Waals surface area (Å²) in [5, 5.41) is 0. The molecule has 0 saturated carbocycles. The zero-order valence-electron chi connectivity index (χ0n) is 12.5. The zero-order chi connectivity index (χ0) is 15.6. The lowest BCUT2D eigenvalue weighted by Gasteiger charge is -2.13. The van der Waals surface area contributed by atoms with Gasteiger partial charge >= 0.3 is 0 Å². The fourth-order valence-corrected chi connectivity index (χ4v) is 2.67. The largest absolute Gasteiger partial charge is 0.493 e. The Balaban J connectivity index is 2.56. The summed E-state index contributed by atoms with van der Waals surface area (Å²) in [6.45, 7) is 3.95. The summed E-state index contributed by atoms with van der Waals surface area (Å²) in [5.74, 6) is 1.08. The second kappa shape index (κ2) is 6.31. The second-order valence-corrected chi connectivity index (χ2v) is 5.62. The van der Waals surface area contributed by atoms with Crippen LogP contribution >= 0.6 is 15.9 Å². The van der Waals surface area contributed by atoms with Gasteiger partial charge in [-0.3, -0.25) is 4.79 Å². The Hall–Kier alpha value is -1.81. The molecule has 0 aliphatic heterocycles. The number of carbonyl (C=O) groups excluding carboxylic acids is 1. The number of benzene rings is 2. The molecule has 2 aromatic rings. The molecule has 4 heteroatoms. The molecule has 0 amide bonds. The van der Waals surface area contributed by atoms with Crippen LogP contribution in [-0.4, -0.2) is 20.0 Å². The van der Waals surface area contributed by atoms with Gasteiger partial charge in [-0.15, -0.1) is 0 Å². The first-order valence-corrected chi connectivity index (χ1v) is 7.31. The number of ether oxygens (including phenoxy) is 2. The summed E-state index contributed by atoms with van der Waals surface area (Å²) in [6, 6.07) is 9.18.